The maximum absolute atomic E-state index is 10.7. The molecule has 2 rings (SSSR count). The maximum Gasteiger partial charge on any atom is 0.303 e. The molecule has 2 N–H and O–H groups in total. The summed E-state index contributed by atoms with van der Waals surface area (Å²) in [5, 5.41) is 12.2. The Morgan fingerprint density at radius 2 is 2.28 bits per heavy atom. The minimum Gasteiger partial charge on any atom is -0.481 e. The van der Waals surface area contributed by atoms with E-state index in [1.54, 1.807) is 0 Å². The molecule has 0 aliphatic carbocycles. The van der Waals surface area contributed by atoms with Crippen molar-refractivity contribution in [3.05, 3.63) is 34.9 Å². The molecular formula is C15H21NO2. The van der Waals surface area contributed by atoms with E-state index >= 15 is 0 Å². The lowest BCUT2D eigenvalue weighted by molar-refractivity contribution is -0.137. The van der Waals surface area contributed by atoms with Crippen molar-refractivity contribution in [3.8, 4) is 0 Å². The Labute approximate surface area is 108 Å². The first-order valence-corrected chi connectivity index (χ1v) is 6.75. The smallest absolute Gasteiger partial charge is 0.303 e. The Morgan fingerprint density at radius 3 is 3.00 bits per heavy atom. The number of fused-ring (bicyclic) bond motifs is 1. The summed E-state index contributed by atoms with van der Waals surface area (Å²) in [5.41, 5.74) is 4.12. The third-order valence-electron chi connectivity index (χ3n) is 3.79. The minimum absolute atomic E-state index is 0.261. The summed E-state index contributed by atoms with van der Waals surface area (Å²) in [6.07, 6.45) is 3.09. The van der Waals surface area contributed by atoms with Crippen molar-refractivity contribution in [1.29, 1.82) is 0 Å². The zero-order chi connectivity index (χ0) is 13.0. The van der Waals surface area contributed by atoms with E-state index in [1.807, 2.05) is 0 Å². The van der Waals surface area contributed by atoms with Gasteiger partial charge in [0.1, 0.15) is 0 Å². The highest BCUT2D eigenvalue weighted by Gasteiger charge is 2.14. The summed E-state index contributed by atoms with van der Waals surface area (Å²) in [7, 11) is 0. The number of hydrogen-bond acceptors (Lipinski definition) is 2. The van der Waals surface area contributed by atoms with Crippen LogP contribution in [0.4, 0.5) is 0 Å². The molecule has 1 atom stereocenters. The average molecular weight is 247 g/mol. The van der Waals surface area contributed by atoms with Gasteiger partial charge in [0.25, 0.3) is 0 Å². The van der Waals surface area contributed by atoms with E-state index < -0.39 is 5.97 Å². The van der Waals surface area contributed by atoms with Crippen molar-refractivity contribution < 1.29 is 9.90 Å². The highest BCUT2D eigenvalue weighted by molar-refractivity contribution is 5.66. The fourth-order valence-electron chi connectivity index (χ4n) is 2.66. The van der Waals surface area contributed by atoms with Crippen molar-refractivity contribution in [2.24, 2.45) is 0 Å². The van der Waals surface area contributed by atoms with E-state index in [0.717, 1.165) is 32.4 Å². The molecule has 0 radical (unpaired) electrons. The topological polar surface area (TPSA) is 49.3 Å². The van der Waals surface area contributed by atoms with Crippen LogP contribution >= 0.6 is 0 Å². The zero-order valence-electron chi connectivity index (χ0n) is 10.9. The van der Waals surface area contributed by atoms with Crippen LogP contribution in [0.3, 0.4) is 0 Å². The van der Waals surface area contributed by atoms with Crippen LogP contribution in [0.5, 0.6) is 0 Å². The fraction of sp³-hybridized carbons (Fsp3) is 0.533. The number of benzene rings is 1. The van der Waals surface area contributed by atoms with E-state index in [4.69, 9.17) is 5.11 Å². The van der Waals surface area contributed by atoms with Crippen LogP contribution < -0.4 is 5.32 Å². The molecule has 0 fully saturated rings. The Morgan fingerprint density at radius 1 is 1.44 bits per heavy atom. The molecule has 0 saturated heterocycles. The molecule has 1 aliphatic heterocycles. The Kier molecular flexibility index (Phi) is 4.37. The van der Waals surface area contributed by atoms with Gasteiger partial charge in [0.2, 0.25) is 0 Å². The highest BCUT2D eigenvalue weighted by Crippen LogP contribution is 2.27. The summed E-state index contributed by atoms with van der Waals surface area (Å²) < 4.78 is 0. The lowest BCUT2D eigenvalue weighted by atomic mass is 9.88. The third kappa shape index (κ3) is 3.10. The molecule has 1 unspecified atom stereocenters. The molecular weight excluding hydrogens is 226 g/mol. The lowest BCUT2D eigenvalue weighted by Crippen LogP contribution is -2.23. The highest BCUT2D eigenvalue weighted by atomic mass is 16.4. The zero-order valence-corrected chi connectivity index (χ0v) is 10.9. The quantitative estimate of drug-likeness (QED) is 0.841. The molecule has 0 saturated carbocycles. The van der Waals surface area contributed by atoms with Crippen molar-refractivity contribution >= 4 is 5.97 Å². The van der Waals surface area contributed by atoms with Crippen LogP contribution in [0.25, 0.3) is 0 Å². The Balaban J connectivity index is 2.12. The summed E-state index contributed by atoms with van der Waals surface area (Å²) in [4.78, 5) is 10.7. The molecule has 0 amide bonds. The van der Waals surface area contributed by atoms with E-state index in [-0.39, 0.29) is 6.42 Å². The number of rotatable bonds is 5. The van der Waals surface area contributed by atoms with Crippen LogP contribution in [-0.2, 0) is 17.8 Å². The summed E-state index contributed by atoms with van der Waals surface area (Å²) in [6.45, 7) is 4.14. The van der Waals surface area contributed by atoms with Crippen molar-refractivity contribution in [3.63, 3.8) is 0 Å². The molecule has 3 heteroatoms. The van der Waals surface area contributed by atoms with Crippen molar-refractivity contribution in [2.75, 3.05) is 6.54 Å². The van der Waals surface area contributed by atoms with Crippen LogP contribution in [0.2, 0.25) is 0 Å². The molecule has 3 nitrogen and oxygen atoms in total. The van der Waals surface area contributed by atoms with Crippen LogP contribution in [0.15, 0.2) is 18.2 Å². The summed E-state index contributed by atoms with van der Waals surface area (Å²) in [6, 6.07) is 6.65. The molecule has 1 aliphatic rings. The molecule has 0 aromatic heterocycles. The monoisotopic (exact) mass is 247 g/mol. The van der Waals surface area contributed by atoms with Gasteiger partial charge in [-0.25, -0.2) is 0 Å². The first-order valence-electron chi connectivity index (χ1n) is 6.75. The standard InChI is InChI=1S/C15H21NO2/c1-2-11(5-6-15(17)18)12-3-4-14-10-16-8-7-13(14)9-12/h3-4,9,11,16H,2,5-8,10H2,1H3,(H,17,18). The van der Waals surface area contributed by atoms with E-state index in [1.165, 1.54) is 16.7 Å². The van der Waals surface area contributed by atoms with Gasteiger partial charge < -0.3 is 10.4 Å². The van der Waals surface area contributed by atoms with Gasteiger partial charge in [0, 0.05) is 13.0 Å². The molecule has 1 aromatic carbocycles. The number of carbonyl (C=O) groups is 1. The fourth-order valence-corrected chi connectivity index (χ4v) is 2.66. The van der Waals surface area contributed by atoms with Gasteiger partial charge in [-0.15, -0.1) is 0 Å². The number of aliphatic carboxylic acids is 1. The van der Waals surface area contributed by atoms with Gasteiger partial charge in [-0.05, 0) is 48.4 Å². The lowest BCUT2D eigenvalue weighted by Gasteiger charge is -2.21. The SMILES string of the molecule is CCC(CCC(=O)O)c1ccc2c(c1)CCNC2. The second kappa shape index (κ2) is 6.01. The number of hydrogen-bond donors (Lipinski definition) is 2. The number of nitrogens with one attached hydrogen (secondary N) is 1. The maximum atomic E-state index is 10.7. The Hall–Kier alpha value is -1.35. The van der Waals surface area contributed by atoms with Gasteiger partial charge in [-0.3, -0.25) is 4.79 Å². The average Bonchev–Trinajstić information content (AvgIpc) is 2.39. The second-order valence-corrected chi connectivity index (χ2v) is 4.99. The molecule has 1 heterocycles. The summed E-state index contributed by atoms with van der Waals surface area (Å²) >= 11 is 0. The van der Waals surface area contributed by atoms with E-state index in [0.29, 0.717) is 5.92 Å². The van der Waals surface area contributed by atoms with Crippen LogP contribution in [0, 0.1) is 0 Å². The first-order chi connectivity index (χ1) is 8.70. The molecule has 98 valence electrons. The van der Waals surface area contributed by atoms with Gasteiger partial charge >= 0.3 is 5.97 Å². The molecule has 0 spiro atoms. The van der Waals surface area contributed by atoms with Crippen molar-refractivity contribution in [2.45, 2.75) is 45.1 Å². The number of carboxylic acid groups (broad SMARTS) is 1. The first kappa shape index (κ1) is 13.1. The summed E-state index contributed by atoms with van der Waals surface area (Å²) in [5.74, 6) is -0.322. The largest absolute Gasteiger partial charge is 0.481 e. The van der Waals surface area contributed by atoms with Crippen molar-refractivity contribution in [1.82, 2.24) is 5.32 Å². The van der Waals surface area contributed by atoms with E-state index in [9.17, 15) is 4.79 Å². The van der Waals surface area contributed by atoms with Gasteiger partial charge in [0.05, 0.1) is 0 Å². The predicted molar refractivity (Wildman–Crippen MR) is 71.8 cm³/mol. The van der Waals surface area contributed by atoms with Gasteiger partial charge in [-0.1, -0.05) is 25.1 Å². The minimum atomic E-state index is -0.699. The van der Waals surface area contributed by atoms with Crippen LogP contribution in [-0.4, -0.2) is 17.6 Å². The molecule has 1 aromatic rings. The number of carboxylic acids is 1. The molecule has 0 bridgehead atoms. The normalized spacial score (nSPS) is 16.1. The Bertz CT molecular complexity index is 429. The molecule has 18 heavy (non-hydrogen) atoms. The predicted octanol–water partition coefficient (Wildman–Crippen LogP) is 2.69. The van der Waals surface area contributed by atoms with Gasteiger partial charge in [-0.2, -0.15) is 0 Å². The third-order valence-corrected chi connectivity index (χ3v) is 3.79. The second-order valence-electron chi connectivity index (χ2n) is 4.99. The van der Waals surface area contributed by atoms with Gasteiger partial charge in [0.15, 0.2) is 0 Å². The van der Waals surface area contributed by atoms with Crippen LogP contribution in [0.1, 0.15) is 48.8 Å². The van der Waals surface area contributed by atoms with E-state index in [2.05, 4.69) is 30.4 Å².